The molecule has 6 nitrogen and oxygen atoms in total. The molecule has 0 atom stereocenters. The third-order valence-corrected chi connectivity index (χ3v) is 3.30. The maximum absolute atomic E-state index is 12.1. The van der Waals surface area contributed by atoms with Crippen LogP contribution in [0, 0.1) is 0 Å². The summed E-state index contributed by atoms with van der Waals surface area (Å²) in [6.45, 7) is 4.75. The van der Waals surface area contributed by atoms with Gasteiger partial charge in [-0.1, -0.05) is 32.0 Å². The van der Waals surface area contributed by atoms with Crippen LogP contribution in [0.3, 0.4) is 0 Å². The molecule has 22 heavy (non-hydrogen) atoms. The van der Waals surface area contributed by atoms with E-state index in [1.54, 1.807) is 0 Å². The molecule has 0 radical (unpaired) electrons. The summed E-state index contributed by atoms with van der Waals surface area (Å²) in [6, 6.07) is 7.83. The van der Waals surface area contributed by atoms with Gasteiger partial charge in [-0.3, -0.25) is 9.69 Å². The van der Waals surface area contributed by atoms with Gasteiger partial charge in [-0.25, -0.2) is 0 Å². The fraction of sp³-hybridized carbons (Fsp3) is 0.438. The largest absolute Gasteiger partial charge is 0.424 e. The molecule has 0 bridgehead atoms. The molecule has 2 rings (SSSR count). The minimum atomic E-state index is -0.0568. The molecule has 118 valence electrons. The normalized spacial score (nSPS) is 10.9. The molecule has 0 spiro atoms. The second-order valence-electron chi connectivity index (χ2n) is 5.17. The summed E-state index contributed by atoms with van der Waals surface area (Å²) < 4.78 is 5.44. The van der Waals surface area contributed by atoms with Gasteiger partial charge in [-0.15, -0.1) is 10.2 Å². The van der Waals surface area contributed by atoms with Gasteiger partial charge in [0.05, 0.1) is 13.1 Å². The number of hydrogen-bond donors (Lipinski definition) is 1. The van der Waals surface area contributed by atoms with E-state index < -0.39 is 0 Å². The van der Waals surface area contributed by atoms with Crippen molar-refractivity contribution in [3.05, 3.63) is 41.6 Å². The maximum atomic E-state index is 12.1. The lowest BCUT2D eigenvalue weighted by Crippen LogP contribution is -2.30. The Morgan fingerprint density at radius 2 is 1.91 bits per heavy atom. The first-order valence-corrected chi connectivity index (χ1v) is 7.50. The molecule has 0 saturated carbocycles. The average molecular weight is 302 g/mol. The summed E-state index contributed by atoms with van der Waals surface area (Å²) in [4.78, 5) is 14.0. The highest BCUT2D eigenvalue weighted by Crippen LogP contribution is 2.15. The number of aryl methyl sites for hydroxylation is 2. The lowest BCUT2D eigenvalue weighted by atomic mass is 10.1. The van der Waals surface area contributed by atoms with Gasteiger partial charge in [-0.05, 0) is 25.1 Å². The van der Waals surface area contributed by atoms with E-state index in [1.807, 2.05) is 43.1 Å². The smallest absolute Gasteiger partial charge is 0.238 e. The Bertz CT molecular complexity index is 624. The van der Waals surface area contributed by atoms with Crippen LogP contribution in [0.4, 0.5) is 5.69 Å². The number of anilines is 1. The van der Waals surface area contributed by atoms with Crippen molar-refractivity contribution in [2.75, 3.05) is 18.9 Å². The Balaban J connectivity index is 1.88. The third-order valence-electron chi connectivity index (χ3n) is 3.30. The molecule has 0 aliphatic rings. The van der Waals surface area contributed by atoms with E-state index >= 15 is 0 Å². The minimum absolute atomic E-state index is 0.0568. The van der Waals surface area contributed by atoms with E-state index in [2.05, 4.69) is 22.4 Å². The van der Waals surface area contributed by atoms with Gasteiger partial charge in [0.15, 0.2) is 0 Å². The van der Waals surface area contributed by atoms with Crippen LogP contribution in [0.2, 0.25) is 0 Å². The SMILES string of the molecule is CCc1nnc(CN(C)CC(=O)Nc2ccccc2CC)o1. The number of hydrogen-bond acceptors (Lipinski definition) is 5. The van der Waals surface area contributed by atoms with Crippen LogP contribution in [0.25, 0.3) is 0 Å². The molecule has 1 aromatic carbocycles. The Hall–Kier alpha value is -2.21. The summed E-state index contributed by atoms with van der Waals surface area (Å²) in [6.07, 6.45) is 1.60. The highest BCUT2D eigenvalue weighted by atomic mass is 16.4. The van der Waals surface area contributed by atoms with Crippen molar-refractivity contribution >= 4 is 11.6 Å². The molecule has 1 amide bonds. The van der Waals surface area contributed by atoms with E-state index in [1.165, 1.54) is 0 Å². The molecule has 0 aliphatic heterocycles. The Kier molecular flexibility index (Phi) is 5.66. The number of nitrogens with zero attached hydrogens (tertiary/aromatic N) is 3. The second kappa shape index (κ2) is 7.70. The topological polar surface area (TPSA) is 71.3 Å². The average Bonchev–Trinajstić information content (AvgIpc) is 2.95. The molecule has 0 unspecified atom stereocenters. The molecule has 1 heterocycles. The zero-order valence-electron chi connectivity index (χ0n) is 13.3. The number of para-hydroxylation sites is 1. The van der Waals surface area contributed by atoms with Crippen LogP contribution in [-0.4, -0.2) is 34.6 Å². The summed E-state index contributed by atoms with van der Waals surface area (Å²) in [7, 11) is 1.85. The van der Waals surface area contributed by atoms with Crippen LogP contribution < -0.4 is 5.32 Å². The highest BCUT2D eigenvalue weighted by molar-refractivity contribution is 5.92. The summed E-state index contributed by atoms with van der Waals surface area (Å²) in [5, 5.41) is 10.8. The Labute approximate surface area is 130 Å². The third kappa shape index (κ3) is 4.39. The molecule has 0 fully saturated rings. The van der Waals surface area contributed by atoms with Crippen molar-refractivity contribution in [2.45, 2.75) is 33.2 Å². The molecular weight excluding hydrogens is 280 g/mol. The Morgan fingerprint density at radius 1 is 1.18 bits per heavy atom. The summed E-state index contributed by atoms with van der Waals surface area (Å²) in [5.41, 5.74) is 2.00. The van der Waals surface area contributed by atoms with Gasteiger partial charge in [0.2, 0.25) is 17.7 Å². The predicted molar refractivity (Wildman–Crippen MR) is 84.5 cm³/mol. The second-order valence-corrected chi connectivity index (χ2v) is 5.17. The fourth-order valence-electron chi connectivity index (χ4n) is 2.17. The molecular formula is C16H22N4O2. The van der Waals surface area contributed by atoms with Crippen LogP contribution in [0.1, 0.15) is 31.2 Å². The monoisotopic (exact) mass is 302 g/mol. The first kappa shape index (κ1) is 16.2. The lowest BCUT2D eigenvalue weighted by molar-refractivity contribution is -0.117. The summed E-state index contributed by atoms with van der Waals surface area (Å²) in [5.74, 6) is 1.09. The first-order valence-electron chi connectivity index (χ1n) is 7.50. The number of carbonyl (C=O) groups is 1. The van der Waals surface area contributed by atoms with Crippen molar-refractivity contribution in [3.63, 3.8) is 0 Å². The van der Waals surface area contributed by atoms with E-state index in [0.717, 1.165) is 17.7 Å². The number of benzene rings is 1. The van der Waals surface area contributed by atoms with Crippen molar-refractivity contribution in [1.29, 1.82) is 0 Å². The van der Waals surface area contributed by atoms with Crippen molar-refractivity contribution in [1.82, 2.24) is 15.1 Å². The van der Waals surface area contributed by atoms with Crippen molar-refractivity contribution < 1.29 is 9.21 Å². The van der Waals surface area contributed by atoms with E-state index in [0.29, 0.717) is 24.7 Å². The van der Waals surface area contributed by atoms with Crippen LogP contribution in [0.5, 0.6) is 0 Å². The minimum Gasteiger partial charge on any atom is -0.424 e. The molecule has 0 aliphatic carbocycles. The van der Waals surface area contributed by atoms with E-state index in [4.69, 9.17) is 4.42 Å². The van der Waals surface area contributed by atoms with Crippen LogP contribution in [0.15, 0.2) is 28.7 Å². The first-order chi connectivity index (χ1) is 10.6. The molecule has 1 aromatic heterocycles. The van der Waals surface area contributed by atoms with Gasteiger partial charge in [0, 0.05) is 12.1 Å². The number of rotatable bonds is 7. The zero-order valence-corrected chi connectivity index (χ0v) is 13.3. The standard InChI is InChI=1S/C16H22N4O2/c1-4-12-8-6-7-9-13(12)17-14(21)10-20(3)11-16-19-18-15(5-2)22-16/h6-9H,4-5,10-11H2,1-3H3,(H,17,21). The fourth-order valence-corrected chi connectivity index (χ4v) is 2.17. The number of carbonyl (C=O) groups excluding carboxylic acids is 1. The van der Waals surface area contributed by atoms with E-state index in [-0.39, 0.29) is 12.5 Å². The lowest BCUT2D eigenvalue weighted by Gasteiger charge is -2.15. The van der Waals surface area contributed by atoms with Gasteiger partial charge < -0.3 is 9.73 Å². The molecule has 1 N–H and O–H groups in total. The quantitative estimate of drug-likeness (QED) is 0.849. The highest BCUT2D eigenvalue weighted by Gasteiger charge is 2.12. The van der Waals surface area contributed by atoms with E-state index in [9.17, 15) is 4.79 Å². The van der Waals surface area contributed by atoms with Crippen molar-refractivity contribution in [3.8, 4) is 0 Å². The zero-order chi connectivity index (χ0) is 15.9. The molecule has 6 heteroatoms. The van der Waals surface area contributed by atoms with Gasteiger partial charge >= 0.3 is 0 Å². The number of nitrogens with one attached hydrogen (secondary N) is 1. The van der Waals surface area contributed by atoms with Gasteiger partial charge in [0.25, 0.3) is 0 Å². The van der Waals surface area contributed by atoms with Crippen LogP contribution in [-0.2, 0) is 24.2 Å². The molecule has 2 aromatic rings. The summed E-state index contributed by atoms with van der Waals surface area (Å²) >= 11 is 0. The van der Waals surface area contributed by atoms with Gasteiger partial charge in [0.1, 0.15) is 0 Å². The Morgan fingerprint density at radius 3 is 2.59 bits per heavy atom. The number of amides is 1. The number of aromatic nitrogens is 2. The van der Waals surface area contributed by atoms with Crippen LogP contribution >= 0.6 is 0 Å². The van der Waals surface area contributed by atoms with Gasteiger partial charge in [-0.2, -0.15) is 0 Å². The van der Waals surface area contributed by atoms with Crippen molar-refractivity contribution in [2.24, 2.45) is 0 Å². The predicted octanol–water partition coefficient (Wildman–Crippen LogP) is 2.26. The number of likely N-dealkylation sites (N-methyl/N-ethyl adjacent to an activating group) is 1. The molecule has 0 saturated heterocycles. The maximum Gasteiger partial charge on any atom is 0.238 e.